The third kappa shape index (κ3) is 3.79. The Bertz CT molecular complexity index is 742. The number of likely N-dealkylation sites (tertiary alicyclic amines) is 1. The van der Waals surface area contributed by atoms with Crippen LogP contribution in [-0.4, -0.2) is 43.6 Å². The zero-order valence-corrected chi connectivity index (χ0v) is 15.3. The molecule has 4 rings (SSSR count). The van der Waals surface area contributed by atoms with Crippen molar-refractivity contribution in [3.8, 4) is 0 Å². The van der Waals surface area contributed by atoms with E-state index < -0.39 is 0 Å². The summed E-state index contributed by atoms with van der Waals surface area (Å²) in [6.07, 6.45) is 11.8. The quantitative estimate of drug-likeness (QED) is 0.848. The highest BCUT2D eigenvalue weighted by Gasteiger charge is 2.29. The highest BCUT2D eigenvalue weighted by Crippen LogP contribution is 2.28. The normalized spacial score (nSPS) is 20.5. The van der Waals surface area contributed by atoms with Crippen molar-refractivity contribution in [3.63, 3.8) is 0 Å². The Morgan fingerprint density at radius 2 is 2.12 bits per heavy atom. The lowest BCUT2D eigenvalue weighted by atomic mass is 9.96. The van der Waals surface area contributed by atoms with Crippen LogP contribution in [0, 0.1) is 0 Å². The summed E-state index contributed by atoms with van der Waals surface area (Å²) in [5.74, 6) is 2.81. The van der Waals surface area contributed by atoms with Gasteiger partial charge in [-0.25, -0.2) is 0 Å². The number of piperidine rings is 1. The molecule has 0 saturated carbocycles. The van der Waals surface area contributed by atoms with Gasteiger partial charge in [-0.05, 0) is 43.7 Å². The average Bonchev–Trinajstić information content (AvgIpc) is 2.95. The van der Waals surface area contributed by atoms with E-state index in [-0.39, 0.29) is 5.91 Å². The fourth-order valence-electron chi connectivity index (χ4n) is 4.18. The second kappa shape index (κ2) is 7.98. The summed E-state index contributed by atoms with van der Waals surface area (Å²) in [4.78, 5) is 18.9. The van der Waals surface area contributed by atoms with Crippen molar-refractivity contribution in [1.29, 1.82) is 0 Å². The van der Waals surface area contributed by atoms with Crippen molar-refractivity contribution in [3.05, 3.63) is 41.7 Å². The molecule has 6 heteroatoms. The first-order valence-corrected chi connectivity index (χ1v) is 9.90. The monoisotopic (exact) mass is 353 g/mol. The van der Waals surface area contributed by atoms with Gasteiger partial charge in [0.15, 0.2) is 0 Å². The molecule has 0 aliphatic carbocycles. The summed E-state index contributed by atoms with van der Waals surface area (Å²) >= 11 is 0. The van der Waals surface area contributed by atoms with E-state index in [1.165, 1.54) is 19.3 Å². The molecule has 1 fully saturated rings. The molecule has 0 aromatic carbocycles. The first kappa shape index (κ1) is 17.2. The minimum atomic E-state index is 0.245. The Hall–Kier alpha value is -2.24. The molecule has 2 aromatic rings. The average molecular weight is 353 g/mol. The van der Waals surface area contributed by atoms with E-state index in [1.54, 1.807) is 6.20 Å². The maximum absolute atomic E-state index is 12.7. The first-order valence-electron chi connectivity index (χ1n) is 9.90. The SMILES string of the molecule is O=C(CCc1cccnc1)N1CCCC(c2nnc3n2CCCCC3)C1. The van der Waals surface area contributed by atoms with E-state index in [0.29, 0.717) is 12.3 Å². The summed E-state index contributed by atoms with van der Waals surface area (Å²) < 4.78 is 2.33. The molecule has 26 heavy (non-hydrogen) atoms. The van der Waals surface area contributed by atoms with Gasteiger partial charge in [0.1, 0.15) is 11.6 Å². The second-order valence-corrected chi connectivity index (χ2v) is 7.48. The number of nitrogens with zero attached hydrogens (tertiary/aromatic N) is 5. The fraction of sp³-hybridized carbons (Fsp3) is 0.600. The van der Waals surface area contributed by atoms with Crippen LogP contribution in [0.3, 0.4) is 0 Å². The summed E-state index contributed by atoms with van der Waals surface area (Å²) in [5.41, 5.74) is 1.12. The summed E-state index contributed by atoms with van der Waals surface area (Å²) in [6.45, 7) is 2.68. The molecule has 2 aromatic heterocycles. The third-order valence-electron chi connectivity index (χ3n) is 5.63. The molecule has 138 valence electrons. The minimum absolute atomic E-state index is 0.245. The standard InChI is InChI=1S/C20H27N5O/c26-19(10-9-16-6-4-11-21-14-16)24-12-5-7-17(15-24)20-23-22-18-8-2-1-3-13-25(18)20/h4,6,11,14,17H,1-3,5,7-10,12-13,15H2. The maximum Gasteiger partial charge on any atom is 0.222 e. The number of amides is 1. The fourth-order valence-corrected chi connectivity index (χ4v) is 4.18. The van der Waals surface area contributed by atoms with Gasteiger partial charge in [0.2, 0.25) is 5.91 Å². The Morgan fingerprint density at radius 3 is 3.00 bits per heavy atom. The molecule has 1 amide bonds. The Morgan fingerprint density at radius 1 is 1.15 bits per heavy atom. The van der Waals surface area contributed by atoms with Crippen LogP contribution in [0.25, 0.3) is 0 Å². The van der Waals surface area contributed by atoms with Gasteiger partial charge in [0.25, 0.3) is 0 Å². The molecule has 0 spiro atoms. The Labute approximate surface area is 154 Å². The number of rotatable bonds is 4. The van der Waals surface area contributed by atoms with Gasteiger partial charge in [0.05, 0.1) is 0 Å². The third-order valence-corrected chi connectivity index (χ3v) is 5.63. The van der Waals surface area contributed by atoms with Crippen molar-refractivity contribution >= 4 is 5.91 Å². The van der Waals surface area contributed by atoms with Gasteiger partial charge in [-0.1, -0.05) is 12.5 Å². The van der Waals surface area contributed by atoms with Gasteiger partial charge in [-0.2, -0.15) is 0 Å². The lowest BCUT2D eigenvalue weighted by molar-refractivity contribution is -0.132. The zero-order chi connectivity index (χ0) is 17.8. The maximum atomic E-state index is 12.7. The Kier molecular flexibility index (Phi) is 5.27. The van der Waals surface area contributed by atoms with E-state index in [1.807, 2.05) is 23.2 Å². The molecule has 0 bridgehead atoms. The summed E-state index contributed by atoms with van der Waals surface area (Å²) in [6, 6.07) is 3.96. The molecular weight excluding hydrogens is 326 g/mol. The first-order chi connectivity index (χ1) is 12.8. The summed E-state index contributed by atoms with van der Waals surface area (Å²) in [7, 11) is 0. The Balaban J connectivity index is 1.40. The van der Waals surface area contributed by atoms with Crippen LogP contribution in [0.4, 0.5) is 0 Å². The second-order valence-electron chi connectivity index (χ2n) is 7.48. The van der Waals surface area contributed by atoms with E-state index in [0.717, 1.165) is 62.5 Å². The molecule has 0 radical (unpaired) electrons. The van der Waals surface area contributed by atoms with Crippen LogP contribution in [0.1, 0.15) is 61.7 Å². The smallest absolute Gasteiger partial charge is 0.222 e. The molecule has 1 saturated heterocycles. The van der Waals surface area contributed by atoms with E-state index >= 15 is 0 Å². The molecule has 1 atom stereocenters. The van der Waals surface area contributed by atoms with Crippen LogP contribution in [0.5, 0.6) is 0 Å². The highest BCUT2D eigenvalue weighted by atomic mass is 16.2. The molecule has 4 heterocycles. The molecule has 2 aliphatic heterocycles. The number of aromatic nitrogens is 4. The number of pyridine rings is 1. The predicted octanol–water partition coefficient (Wildman–Crippen LogP) is 2.74. The van der Waals surface area contributed by atoms with Crippen LogP contribution >= 0.6 is 0 Å². The minimum Gasteiger partial charge on any atom is -0.342 e. The van der Waals surface area contributed by atoms with Crippen LogP contribution in [-0.2, 0) is 24.2 Å². The van der Waals surface area contributed by atoms with Gasteiger partial charge in [0, 0.05) is 50.8 Å². The topological polar surface area (TPSA) is 63.9 Å². The molecule has 0 N–H and O–H groups in total. The number of aryl methyl sites for hydroxylation is 2. The zero-order valence-electron chi connectivity index (χ0n) is 15.3. The molecule has 6 nitrogen and oxygen atoms in total. The molecule has 1 unspecified atom stereocenters. The molecular formula is C20H27N5O. The van der Waals surface area contributed by atoms with Gasteiger partial charge in [-0.15, -0.1) is 10.2 Å². The van der Waals surface area contributed by atoms with E-state index in [4.69, 9.17) is 0 Å². The lowest BCUT2D eigenvalue weighted by Crippen LogP contribution is -2.40. The van der Waals surface area contributed by atoms with Crippen LogP contribution in [0.15, 0.2) is 24.5 Å². The number of fused-ring (bicyclic) bond motifs is 1. The van der Waals surface area contributed by atoms with E-state index in [2.05, 4.69) is 19.7 Å². The highest BCUT2D eigenvalue weighted by molar-refractivity contribution is 5.76. The van der Waals surface area contributed by atoms with Gasteiger partial charge >= 0.3 is 0 Å². The van der Waals surface area contributed by atoms with Crippen molar-refractivity contribution in [2.75, 3.05) is 13.1 Å². The number of carbonyl (C=O) groups is 1. The number of carbonyl (C=O) groups excluding carboxylic acids is 1. The van der Waals surface area contributed by atoms with Crippen molar-refractivity contribution in [2.45, 2.75) is 63.8 Å². The van der Waals surface area contributed by atoms with Gasteiger partial charge < -0.3 is 9.47 Å². The van der Waals surface area contributed by atoms with Crippen LogP contribution in [0.2, 0.25) is 0 Å². The predicted molar refractivity (Wildman–Crippen MR) is 98.7 cm³/mol. The van der Waals surface area contributed by atoms with Gasteiger partial charge in [-0.3, -0.25) is 9.78 Å². The van der Waals surface area contributed by atoms with Crippen LogP contribution < -0.4 is 0 Å². The summed E-state index contributed by atoms with van der Waals surface area (Å²) in [5, 5.41) is 8.96. The lowest BCUT2D eigenvalue weighted by Gasteiger charge is -2.32. The van der Waals surface area contributed by atoms with Crippen molar-refractivity contribution in [1.82, 2.24) is 24.6 Å². The van der Waals surface area contributed by atoms with E-state index in [9.17, 15) is 4.79 Å². The van der Waals surface area contributed by atoms with Crippen molar-refractivity contribution in [2.24, 2.45) is 0 Å². The van der Waals surface area contributed by atoms with Crippen molar-refractivity contribution < 1.29 is 4.79 Å². The largest absolute Gasteiger partial charge is 0.342 e. The molecule has 2 aliphatic rings. The number of hydrogen-bond donors (Lipinski definition) is 0. The number of hydrogen-bond acceptors (Lipinski definition) is 4.